The van der Waals surface area contributed by atoms with Crippen molar-refractivity contribution in [3.8, 4) is 5.75 Å². The molecule has 0 saturated carbocycles. The van der Waals surface area contributed by atoms with Crippen molar-refractivity contribution in [1.29, 1.82) is 0 Å². The average molecular weight is 419 g/mol. The van der Waals surface area contributed by atoms with Crippen molar-refractivity contribution in [3.05, 3.63) is 59.7 Å². The lowest BCUT2D eigenvalue weighted by atomic mass is 10.1. The summed E-state index contributed by atoms with van der Waals surface area (Å²) in [7, 11) is -2.13. The van der Waals surface area contributed by atoms with Crippen LogP contribution in [0.3, 0.4) is 0 Å². The predicted molar refractivity (Wildman–Crippen MR) is 114 cm³/mol. The second-order valence-electron chi connectivity index (χ2n) is 7.27. The number of hydrogen-bond acceptors (Lipinski definition) is 4. The highest BCUT2D eigenvalue weighted by Crippen LogP contribution is 2.24. The van der Waals surface area contributed by atoms with Crippen LogP contribution in [0.4, 0.5) is 0 Å². The molecule has 0 heterocycles. The van der Waals surface area contributed by atoms with Crippen LogP contribution in [-0.2, 0) is 16.6 Å². The summed E-state index contributed by atoms with van der Waals surface area (Å²) in [5.74, 6) is 0.896. The maximum atomic E-state index is 12.8. The zero-order chi connectivity index (χ0) is 21.4. The van der Waals surface area contributed by atoms with Crippen LogP contribution in [0.25, 0.3) is 0 Å². The van der Waals surface area contributed by atoms with E-state index in [4.69, 9.17) is 4.74 Å². The zero-order valence-electron chi connectivity index (χ0n) is 17.5. The van der Waals surface area contributed by atoms with E-state index in [-0.39, 0.29) is 17.3 Å². The molecule has 2 rings (SSSR count). The number of sulfonamides is 1. The largest absolute Gasteiger partial charge is 0.494 e. The van der Waals surface area contributed by atoms with Gasteiger partial charge in [0.15, 0.2) is 0 Å². The van der Waals surface area contributed by atoms with Crippen LogP contribution in [-0.4, -0.2) is 38.8 Å². The molecule has 7 heteroatoms. The Balaban J connectivity index is 2.24. The van der Waals surface area contributed by atoms with Gasteiger partial charge < -0.3 is 10.1 Å². The van der Waals surface area contributed by atoms with E-state index in [1.807, 2.05) is 6.92 Å². The van der Waals surface area contributed by atoms with E-state index in [1.54, 1.807) is 48.5 Å². The molecule has 2 aromatic carbocycles. The SMILES string of the molecule is CCOc1ccc(C(=O)NCCC(C)C)cc1CN(C)S(=O)(=O)c1ccccc1. The van der Waals surface area contributed by atoms with Gasteiger partial charge in [0.05, 0.1) is 11.5 Å². The quantitative estimate of drug-likeness (QED) is 0.639. The Kier molecular flexibility index (Phi) is 8.22. The highest BCUT2D eigenvalue weighted by atomic mass is 32.2. The van der Waals surface area contributed by atoms with Gasteiger partial charge in [-0.1, -0.05) is 32.0 Å². The molecule has 0 atom stereocenters. The number of carbonyl (C=O) groups is 1. The van der Waals surface area contributed by atoms with Crippen molar-refractivity contribution in [2.45, 2.75) is 38.6 Å². The Morgan fingerprint density at radius 1 is 1.14 bits per heavy atom. The number of ether oxygens (including phenoxy) is 1. The number of benzene rings is 2. The molecule has 0 aliphatic heterocycles. The lowest BCUT2D eigenvalue weighted by molar-refractivity contribution is 0.0952. The molecule has 0 bridgehead atoms. The van der Waals surface area contributed by atoms with Gasteiger partial charge in [-0.05, 0) is 49.6 Å². The molecule has 29 heavy (non-hydrogen) atoms. The van der Waals surface area contributed by atoms with Crippen molar-refractivity contribution in [2.24, 2.45) is 5.92 Å². The number of carbonyl (C=O) groups excluding carboxylic acids is 1. The molecular formula is C22H30N2O4S. The summed E-state index contributed by atoms with van der Waals surface area (Å²) in [6.07, 6.45) is 0.897. The fourth-order valence-electron chi connectivity index (χ4n) is 2.81. The minimum absolute atomic E-state index is 0.0969. The van der Waals surface area contributed by atoms with Gasteiger partial charge in [0, 0.05) is 31.3 Å². The van der Waals surface area contributed by atoms with Crippen LogP contribution in [0, 0.1) is 5.92 Å². The van der Waals surface area contributed by atoms with E-state index < -0.39 is 10.0 Å². The summed E-state index contributed by atoms with van der Waals surface area (Å²) >= 11 is 0. The lowest BCUT2D eigenvalue weighted by Crippen LogP contribution is -2.28. The number of nitrogens with zero attached hydrogens (tertiary/aromatic N) is 1. The van der Waals surface area contributed by atoms with Crippen molar-refractivity contribution in [3.63, 3.8) is 0 Å². The van der Waals surface area contributed by atoms with Gasteiger partial charge in [0.2, 0.25) is 10.0 Å². The first-order valence-electron chi connectivity index (χ1n) is 9.81. The third-order valence-electron chi connectivity index (χ3n) is 4.47. The minimum Gasteiger partial charge on any atom is -0.494 e. The Bertz CT molecular complexity index is 912. The molecule has 0 aliphatic rings. The summed E-state index contributed by atoms with van der Waals surface area (Å²) in [4.78, 5) is 12.7. The Morgan fingerprint density at radius 2 is 1.83 bits per heavy atom. The molecule has 0 unspecified atom stereocenters. The first-order chi connectivity index (χ1) is 13.8. The molecule has 0 spiro atoms. The van der Waals surface area contributed by atoms with Crippen molar-refractivity contribution >= 4 is 15.9 Å². The van der Waals surface area contributed by atoms with Gasteiger partial charge in [-0.2, -0.15) is 4.31 Å². The van der Waals surface area contributed by atoms with Gasteiger partial charge >= 0.3 is 0 Å². The van der Waals surface area contributed by atoms with Gasteiger partial charge in [-0.15, -0.1) is 0 Å². The summed E-state index contributed by atoms with van der Waals surface area (Å²) in [5.41, 5.74) is 1.13. The maximum Gasteiger partial charge on any atom is 0.251 e. The van der Waals surface area contributed by atoms with Crippen molar-refractivity contribution < 1.29 is 17.9 Å². The fraction of sp³-hybridized carbons (Fsp3) is 0.409. The first-order valence-corrected chi connectivity index (χ1v) is 11.2. The zero-order valence-corrected chi connectivity index (χ0v) is 18.3. The topological polar surface area (TPSA) is 75.7 Å². The summed E-state index contributed by atoms with van der Waals surface area (Å²) in [5, 5.41) is 2.91. The fourth-order valence-corrected chi connectivity index (χ4v) is 3.98. The van der Waals surface area contributed by atoms with E-state index in [0.717, 1.165) is 6.42 Å². The Morgan fingerprint density at radius 3 is 2.45 bits per heavy atom. The average Bonchev–Trinajstić information content (AvgIpc) is 2.69. The highest BCUT2D eigenvalue weighted by Gasteiger charge is 2.22. The van der Waals surface area contributed by atoms with Gasteiger partial charge in [0.1, 0.15) is 5.75 Å². The van der Waals surface area contributed by atoms with Crippen molar-refractivity contribution in [1.82, 2.24) is 9.62 Å². The van der Waals surface area contributed by atoms with Crippen LogP contribution in [0.5, 0.6) is 5.75 Å². The predicted octanol–water partition coefficient (Wildman–Crippen LogP) is 3.68. The van der Waals surface area contributed by atoms with Crippen LogP contribution in [0.1, 0.15) is 43.1 Å². The molecule has 0 aliphatic carbocycles. The summed E-state index contributed by atoms with van der Waals surface area (Å²) < 4.78 is 32.6. The van der Waals surface area contributed by atoms with Crippen LogP contribution >= 0.6 is 0 Å². The monoisotopic (exact) mass is 418 g/mol. The first kappa shape index (κ1) is 22.9. The van der Waals surface area contributed by atoms with Crippen LogP contribution < -0.4 is 10.1 Å². The van der Waals surface area contributed by atoms with Gasteiger partial charge in [-0.25, -0.2) is 8.42 Å². The number of hydrogen-bond donors (Lipinski definition) is 1. The molecule has 158 valence electrons. The minimum atomic E-state index is -3.65. The number of rotatable bonds is 10. The van der Waals surface area contributed by atoms with E-state index in [1.165, 1.54) is 11.4 Å². The lowest BCUT2D eigenvalue weighted by Gasteiger charge is -2.20. The molecule has 0 aromatic heterocycles. The highest BCUT2D eigenvalue weighted by molar-refractivity contribution is 7.89. The van der Waals surface area contributed by atoms with Crippen molar-refractivity contribution in [2.75, 3.05) is 20.2 Å². The molecule has 0 fully saturated rings. The second kappa shape index (κ2) is 10.4. The number of nitrogens with one attached hydrogen (secondary N) is 1. The smallest absolute Gasteiger partial charge is 0.251 e. The number of amides is 1. The van der Waals surface area contributed by atoms with Gasteiger partial charge in [0.25, 0.3) is 5.91 Å². The molecule has 2 aromatic rings. The standard InChI is InChI=1S/C22H30N2O4S/c1-5-28-21-12-11-18(22(25)23-14-13-17(2)3)15-19(21)16-24(4)29(26,27)20-9-7-6-8-10-20/h6-12,15,17H,5,13-14,16H2,1-4H3,(H,23,25). The van der Waals surface area contributed by atoms with E-state index >= 15 is 0 Å². The third kappa shape index (κ3) is 6.30. The van der Waals surface area contributed by atoms with E-state index in [2.05, 4.69) is 19.2 Å². The molecule has 1 amide bonds. The normalized spacial score (nSPS) is 11.7. The van der Waals surface area contributed by atoms with E-state index in [0.29, 0.717) is 35.9 Å². The maximum absolute atomic E-state index is 12.8. The van der Waals surface area contributed by atoms with Crippen LogP contribution in [0.15, 0.2) is 53.4 Å². The second-order valence-corrected chi connectivity index (χ2v) is 9.31. The molecule has 0 saturated heterocycles. The molecule has 1 N–H and O–H groups in total. The summed E-state index contributed by atoms with van der Waals surface area (Å²) in [6.45, 7) is 7.21. The molecule has 0 radical (unpaired) electrons. The Hall–Kier alpha value is -2.38. The molecular weight excluding hydrogens is 388 g/mol. The summed E-state index contributed by atoms with van der Waals surface area (Å²) in [6, 6.07) is 13.4. The van der Waals surface area contributed by atoms with E-state index in [9.17, 15) is 13.2 Å². The third-order valence-corrected chi connectivity index (χ3v) is 6.29. The molecule has 6 nitrogen and oxygen atoms in total. The van der Waals surface area contributed by atoms with Gasteiger partial charge in [-0.3, -0.25) is 4.79 Å². The van der Waals surface area contributed by atoms with Crippen LogP contribution in [0.2, 0.25) is 0 Å². The Labute approximate surface area is 173 Å².